The first-order chi connectivity index (χ1) is 16.9. The number of hydrogen-bond donors (Lipinski definition) is 2. The molecule has 0 atom stereocenters. The van der Waals surface area contributed by atoms with E-state index in [4.69, 9.17) is 4.74 Å². The van der Waals surface area contributed by atoms with Crippen molar-refractivity contribution in [3.8, 4) is 5.75 Å². The Morgan fingerprint density at radius 2 is 1.60 bits per heavy atom. The molecule has 0 fully saturated rings. The van der Waals surface area contributed by atoms with E-state index in [-0.39, 0.29) is 10.8 Å². The standard InChI is InChI=1S/C27H25N3O4S/c1-20-6-2-3-8-26(20)30-35(32,33)25-15-11-22(12-16-25)27(31)29-18-21-9-13-24(14-10-21)34-19-23-7-4-5-17-28-23/h2-17,30H,18-19H2,1H3,(H,29,31). The van der Waals surface area contributed by atoms with Crippen molar-refractivity contribution in [1.29, 1.82) is 0 Å². The molecule has 0 bridgehead atoms. The van der Waals surface area contributed by atoms with Crippen LogP contribution in [0.25, 0.3) is 0 Å². The minimum absolute atomic E-state index is 0.0820. The van der Waals surface area contributed by atoms with Crippen molar-refractivity contribution in [3.05, 3.63) is 120 Å². The van der Waals surface area contributed by atoms with E-state index in [1.807, 2.05) is 61.5 Å². The summed E-state index contributed by atoms with van der Waals surface area (Å²) in [6.45, 7) is 2.53. The van der Waals surface area contributed by atoms with Gasteiger partial charge < -0.3 is 10.1 Å². The van der Waals surface area contributed by atoms with Crippen LogP contribution in [-0.2, 0) is 23.2 Å². The Hall–Kier alpha value is -4.17. The molecule has 178 valence electrons. The molecule has 0 aliphatic heterocycles. The van der Waals surface area contributed by atoms with E-state index in [9.17, 15) is 13.2 Å². The smallest absolute Gasteiger partial charge is 0.261 e. The minimum Gasteiger partial charge on any atom is -0.487 e. The van der Waals surface area contributed by atoms with E-state index in [0.29, 0.717) is 30.2 Å². The average Bonchev–Trinajstić information content (AvgIpc) is 2.88. The molecule has 0 aliphatic rings. The van der Waals surface area contributed by atoms with Crippen LogP contribution >= 0.6 is 0 Å². The number of nitrogens with one attached hydrogen (secondary N) is 2. The highest BCUT2D eigenvalue weighted by Crippen LogP contribution is 2.20. The number of aromatic nitrogens is 1. The molecule has 35 heavy (non-hydrogen) atoms. The molecular formula is C27H25N3O4S. The van der Waals surface area contributed by atoms with Crippen LogP contribution < -0.4 is 14.8 Å². The summed E-state index contributed by atoms with van der Waals surface area (Å²) in [6, 6.07) is 26.1. The largest absolute Gasteiger partial charge is 0.487 e. The first-order valence-electron chi connectivity index (χ1n) is 11.0. The topological polar surface area (TPSA) is 97.4 Å². The van der Waals surface area contributed by atoms with E-state index in [1.54, 1.807) is 18.3 Å². The lowest BCUT2D eigenvalue weighted by atomic mass is 10.2. The number of aryl methyl sites for hydroxylation is 1. The molecule has 0 radical (unpaired) electrons. The van der Waals surface area contributed by atoms with Gasteiger partial charge in [0.2, 0.25) is 0 Å². The van der Waals surface area contributed by atoms with Crippen molar-refractivity contribution in [2.24, 2.45) is 0 Å². The molecule has 8 heteroatoms. The van der Waals surface area contributed by atoms with Gasteiger partial charge >= 0.3 is 0 Å². The number of benzene rings is 3. The summed E-state index contributed by atoms with van der Waals surface area (Å²) in [6.07, 6.45) is 1.72. The molecule has 3 aromatic carbocycles. The van der Waals surface area contributed by atoms with Crippen LogP contribution in [0.1, 0.15) is 27.2 Å². The van der Waals surface area contributed by atoms with Gasteiger partial charge in [-0.3, -0.25) is 14.5 Å². The Morgan fingerprint density at radius 1 is 0.886 bits per heavy atom. The fourth-order valence-corrected chi connectivity index (χ4v) is 4.44. The quantitative estimate of drug-likeness (QED) is 0.357. The molecule has 1 amide bonds. The van der Waals surface area contributed by atoms with E-state index in [1.165, 1.54) is 24.3 Å². The Kier molecular flexibility index (Phi) is 7.42. The monoisotopic (exact) mass is 487 g/mol. The molecule has 0 spiro atoms. The third-order valence-corrected chi connectivity index (χ3v) is 6.69. The summed E-state index contributed by atoms with van der Waals surface area (Å²) in [5, 5.41) is 2.84. The number of carbonyl (C=O) groups excluding carboxylic acids is 1. The molecule has 7 nitrogen and oxygen atoms in total. The summed E-state index contributed by atoms with van der Waals surface area (Å²) in [5.74, 6) is 0.415. The van der Waals surface area contributed by atoms with Crippen molar-refractivity contribution in [2.75, 3.05) is 4.72 Å². The summed E-state index contributed by atoms with van der Waals surface area (Å²) in [7, 11) is -3.76. The van der Waals surface area contributed by atoms with E-state index >= 15 is 0 Å². The van der Waals surface area contributed by atoms with Crippen LogP contribution in [-0.4, -0.2) is 19.3 Å². The van der Waals surface area contributed by atoms with E-state index in [0.717, 1.165) is 16.8 Å². The van der Waals surface area contributed by atoms with Crippen LogP contribution in [0.3, 0.4) is 0 Å². The van der Waals surface area contributed by atoms with Gasteiger partial charge in [0, 0.05) is 18.3 Å². The summed E-state index contributed by atoms with van der Waals surface area (Å²) < 4.78 is 33.6. The van der Waals surface area contributed by atoms with Gasteiger partial charge in [-0.25, -0.2) is 8.42 Å². The Bertz CT molecular complexity index is 1390. The number of amides is 1. The molecule has 1 heterocycles. The fraction of sp³-hybridized carbons (Fsp3) is 0.111. The highest BCUT2D eigenvalue weighted by atomic mass is 32.2. The molecule has 4 rings (SSSR count). The molecule has 0 saturated heterocycles. The molecular weight excluding hydrogens is 462 g/mol. The lowest BCUT2D eigenvalue weighted by molar-refractivity contribution is 0.0951. The Balaban J connectivity index is 1.31. The molecule has 1 aromatic heterocycles. The SMILES string of the molecule is Cc1ccccc1NS(=O)(=O)c1ccc(C(=O)NCc2ccc(OCc3ccccn3)cc2)cc1. The number of sulfonamides is 1. The van der Waals surface area contributed by atoms with Crippen LogP contribution in [0.15, 0.2) is 102 Å². The maximum atomic E-state index is 12.7. The number of carbonyl (C=O) groups is 1. The van der Waals surface area contributed by atoms with Gasteiger partial charge in [0.25, 0.3) is 15.9 Å². The zero-order chi connectivity index (χ0) is 24.7. The van der Waals surface area contributed by atoms with Gasteiger partial charge in [-0.15, -0.1) is 0 Å². The minimum atomic E-state index is -3.76. The summed E-state index contributed by atoms with van der Waals surface area (Å²) in [4.78, 5) is 16.8. The van der Waals surface area contributed by atoms with E-state index in [2.05, 4.69) is 15.0 Å². The summed E-state index contributed by atoms with van der Waals surface area (Å²) >= 11 is 0. The predicted molar refractivity (Wildman–Crippen MR) is 135 cm³/mol. The Labute approximate surface area is 204 Å². The number of hydrogen-bond acceptors (Lipinski definition) is 5. The maximum Gasteiger partial charge on any atom is 0.261 e. The normalized spacial score (nSPS) is 11.0. The van der Waals surface area contributed by atoms with Crippen molar-refractivity contribution < 1.29 is 17.9 Å². The van der Waals surface area contributed by atoms with Gasteiger partial charge in [-0.05, 0) is 72.6 Å². The number of ether oxygens (including phenoxy) is 1. The van der Waals surface area contributed by atoms with Crippen molar-refractivity contribution in [2.45, 2.75) is 25.0 Å². The van der Waals surface area contributed by atoms with E-state index < -0.39 is 10.0 Å². The first-order valence-corrected chi connectivity index (χ1v) is 12.5. The number of rotatable bonds is 9. The lowest BCUT2D eigenvalue weighted by Gasteiger charge is -2.11. The van der Waals surface area contributed by atoms with Crippen molar-refractivity contribution >= 4 is 21.6 Å². The van der Waals surface area contributed by atoms with Crippen molar-refractivity contribution in [1.82, 2.24) is 10.3 Å². The second-order valence-corrected chi connectivity index (χ2v) is 9.56. The molecule has 4 aromatic rings. The predicted octanol–water partition coefficient (Wildman–Crippen LogP) is 4.70. The fourth-order valence-electron chi connectivity index (χ4n) is 3.31. The molecule has 0 saturated carbocycles. The number of pyridine rings is 1. The second-order valence-electron chi connectivity index (χ2n) is 7.88. The van der Waals surface area contributed by atoms with Crippen LogP contribution in [0, 0.1) is 6.92 Å². The van der Waals surface area contributed by atoms with Gasteiger partial charge in [0.1, 0.15) is 12.4 Å². The first kappa shape index (κ1) is 24.0. The van der Waals surface area contributed by atoms with Crippen LogP contribution in [0.2, 0.25) is 0 Å². The number of para-hydroxylation sites is 1. The van der Waals surface area contributed by atoms with Crippen molar-refractivity contribution in [3.63, 3.8) is 0 Å². The third-order valence-electron chi connectivity index (χ3n) is 5.31. The third kappa shape index (κ3) is 6.45. The number of nitrogens with zero attached hydrogens (tertiary/aromatic N) is 1. The van der Waals surface area contributed by atoms with Gasteiger partial charge in [-0.1, -0.05) is 36.4 Å². The van der Waals surface area contributed by atoms with Gasteiger partial charge in [0.05, 0.1) is 16.3 Å². The number of anilines is 1. The van der Waals surface area contributed by atoms with Crippen LogP contribution in [0.4, 0.5) is 5.69 Å². The average molecular weight is 488 g/mol. The molecule has 0 unspecified atom stereocenters. The van der Waals surface area contributed by atoms with Gasteiger partial charge in [-0.2, -0.15) is 0 Å². The zero-order valence-corrected chi connectivity index (χ0v) is 20.0. The molecule has 0 aliphatic carbocycles. The van der Waals surface area contributed by atoms with Gasteiger partial charge in [0.15, 0.2) is 0 Å². The highest BCUT2D eigenvalue weighted by molar-refractivity contribution is 7.92. The summed E-state index contributed by atoms with van der Waals surface area (Å²) in [5.41, 5.74) is 3.45. The zero-order valence-electron chi connectivity index (χ0n) is 19.1. The van der Waals surface area contributed by atoms with Crippen LogP contribution in [0.5, 0.6) is 5.75 Å². The Morgan fingerprint density at radius 3 is 2.29 bits per heavy atom. The lowest BCUT2D eigenvalue weighted by Crippen LogP contribution is -2.23. The second kappa shape index (κ2) is 10.8. The molecule has 2 N–H and O–H groups in total. The highest BCUT2D eigenvalue weighted by Gasteiger charge is 2.16. The maximum absolute atomic E-state index is 12.7.